The van der Waals surface area contributed by atoms with E-state index in [1.165, 1.54) is 0 Å². The lowest BCUT2D eigenvalue weighted by molar-refractivity contribution is 0.155. The van der Waals surface area contributed by atoms with Crippen molar-refractivity contribution < 1.29 is 14.9 Å². The van der Waals surface area contributed by atoms with Gasteiger partial charge in [-0.3, -0.25) is 0 Å². The van der Waals surface area contributed by atoms with Crippen LogP contribution in [0.4, 0.5) is 0 Å². The molecule has 0 amide bonds. The smallest absolute Gasteiger partial charge is 0.119 e. The average Bonchev–Trinajstić information content (AvgIpc) is 2.17. The van der Waals surface area contributed by atoms with Crippen molar-refractivity contribution in [3.8, 4) is 5.75 Å². The van der Waals surface area contributed by atoms with Gasteiger partial charge >= 0.3 is 0 Å². The quantitative estimate of drug-likeness (QED) is 0.780. The summed E-state index contributed by atoms with van der Waals surface area (Å²) in [5.74, 6) is 0.731. The van der Waals surface area contributed by atoms with Crippen LogP contribution >= 0.6 is 0 Å². The molecule has 2 N–H and O–H groups in total. The fourth-order valence-electron chi connectivity index (χ4n) is 1.21. The molecular weight excluding hydrogens is 192 g/mol. The molecule has 0 bridgehead atoms. The highest BCUT2D eigenvalue weighted by Crippen LogP contribution is 2.18. The summed E-state index contributed by atoms with van der Waals surface area (Å²) in [4.78, 5) is 0. The van der Waals surface area contributed by atoms with Crippen molar-refractivity contribution in [1.29, 1.82) is 0 Å². The van der Waals surface area contributed by atoms with Gasteiger partial charge in [-0.15, -0.1) is 0 Å². The maximum Gasteiger partial charge on any atom is 0.119 e. The monoisotopic (exact) mass is 210 g/mol. The Labute approximate surface area is 90.3 Å². The molecule has 0 spiro atoms. The topological polar surface area (TPSA) is 49.7 Å². The van der Waals surface area contributed by atoms with Crippen molar-refractivity contribution >= 4 is 0 Å². The van der Waals surface area contributed by atoms with Crippen LogP contribution in [0, 0.1) is 0 Å². The average molecular weight is 210 g/mol. The third kappa shape index (κ3) is 4.32. The highest BCUT2D eigenvalue weighted by atomic mass is 16.5. The summed E-state index contributed by atoms with van der Waals surface area (Å²) < 4.78 is 5.44. The zero-order valence-corrected chi connectivity index (χ0v) is 9.18. The van der Waals surface area contributed by atoms with Gasteiger partial charge in [-0.05, 0) is 31.5 Å². The molecular formula is C12H18O3. The van der Waals surface area contributed by atoms with Crippen LogP contribution in [-0.4, -0.2) is 22.9 Å². The van der Waals surface area contributed by atoms with Crippen molar-refractivity contribution in [3.05, 3.63) is 29.8 Å². The summed E-state index contributed by atoms with van der Waals surface area (Å²) >= 11 is 0. The molecule has 84 valence electrons. The number of aliphatic hydroxyl groups excluding tert-OH is 2. The van der Waals surface area contributed by atoms with Crippen molar-refractivity contribution in [1.82, 2.24) is 0 Å². The lowest BCUT2D eigenvalue weighted by Crippen LogP contribution is -2.07. The minimum Gasteiger partial charge on any atom is -0.493 e. The summed E-state index contributed by atoms with van der Waals surface area (Å²) in [6, 6.07) is 7.35. The van der Waals surface area contributed by atoms with Gasteiger partial charge in [0.25, 0.3) is 0 Å². The fourth-order valence-corrected chi connectivity index (χ4v) is 1.21. The van der Waals surface area contributed by atoms with Crippen LogP contribution in [0.3, 0.4) is 0 Å². The van der Waals surface area contributed by atoms with Gasteiger partial charge in [0.15, 0.2) is 0 Å². The van der Waals surface area contributed by atoms with E-state index >= 15 is 0 Å². The van der Waals surface area contributed by atoms with Gasteiger partial charge in [-0.2, -0.15) is 0 Å². The van der Waals surface area contributed by atoms with E-state index in [4.69, 9.17) is 9.84 Å². The Morgan fingerprint density at radius 1 is 1.27 bits per heavy atom. The van der Waals surface area contributed by atoms with E-state index in [-0.39, 0.29) is 6.10 Å². The molecule has 3 nitrogen and oxygen atoms in total. The van der Waals surface area contributed by atoms with Crippen LogP contribution < -0.4 is 4.74 Å². The Bertz CT molecular complexity index is 295. The minimum absolute atomic E-state index is 0.343. The predicted molar refractivity (Wildman–Crippen MR) is 58.9 cm³/mol. The van der Waals surface area contributed by atoms with Crippen LogP contribution in [0.2, 0.25) is 0 Å². The maximum atomic E-state index is 9.37. The fraction of sp³-hybridized carbons (Fsp3) is 0.500. The van der Waals surface area contributed by atoms with Gasteiger partial charge in [-0.1, -0.05) is 12.1 Å². The zero-order chi connectivity index (χ0) is 11.3. The number of ether oxygens (including phenoxy) is 1. The van der Waals surface area contributed by atoms with Crippen molar-refractivity contribution in [2.45, 2.75) is 32.5 Å². The van der Waals surface area contributed by atoms with E-state index in [0.29, 0.717) is 13.0 Å². The lowest BCUT2D eigenvalue weighted by atomic mass is 10.1. The van der Waals surface area contributed by atoms with Crippen molar-refractivity contribution in [2.24, 2.45) is 0 Å². The third-order valence-corrected chi connectivity index (χ3v) is 2.14. The molecule has 1 aromatic rings. The third-order valence-electron chi connectivity index (χ3n) is 2.14. The lowest BCUT2D eigenvalue weighted by Gasteiger charge is -2.10. The van der Waals surface area contributed by atoms with Gasteiger partial charge in [0.1, 0.15) is 5.75 Å². The molecule has 2 atom stereocenters. The van der Waals surface area contributed by atoms with Crippen molar-refractivity contribution in [2.75, 3.05) is 6.61 Å². The predicted octanol–water partition coefficient (Wildman–Crippen LogP) is 1.89. The van der Waals surface area contributed by atoms with Gasteiger partial charge in [0.2, 0.25) is 0 Å². The Kier molecular flexibility index (Phi) is 4.59. The largest absolute Gasteiger partial charge is 0.493 e. The molecule has 0 aliphatic rings. The SMILES string of the molecule is CC(O)CCOc1cccc([C@H](C)O)c1. The van der Waals surface area contributed by atoms with E-state index in [1.807, 2.05) is 24.3 Å². The molecule has 0 aromatic heterocycles. The first-order valence-corrected chi connectivity index (χ1v) is 5.18. The molecule has 1 unspecified atom stereocenters. The molecule has 1 aromatic carbocycles. The zero-order valence-electron chi connectivity index (χ0n) is 9.18. The number of benzene rings is 1. The molecule has 0 saturated heterocycles. The van der Waals surface area contributed by atoms with Gasteiger partial charge < -0.3 is 14.9 Å². The van der Waals surface area contributed by atoms with Crippen LogP contribution in [0.1, 0.15) is 31.9 Å². The van der Waals surface area contributed by atoms with Crippen LogP contribution in [0.25, 0.3) is 0 Å². The molecule has 3 heteroatoms. The summed E-state index contributed by atoms with van der Waals surface area (Å²) in [7, 11) is 0. The van der Waals surface area contributed by atoms with Crippen LogP contribution in [0.15, 0.2) is 24.3 Å². The molecule has 0 radical (unpaired) electrons. The summed E-state index contributed by atoms with van der Waals surface area (Å²) in [6.07, 6.45) is -0.214. The second-order valence-corrected chi connectivity index (χ2v) is 3.73. The molecule has 0 saturated carbocycles. The Morgan fingerprint density at radius 2 is 2.00 bits per heavy atom. The van der Waals surface area contributed by atoms with E-state index < -0.39 is 6.10 Å². The second-order valence-electron chi connectivity index (χ2n) is 3.73. The second kappa shape index (κ2) is 5.73. The molecule has 0 fully saturated rings. The normalized spacial score (nSPS) is 14.7. The molecule has 15 heavy (non-hydrogen) atoms. The highest BCUT2D eigenvalue weighted by Gasteiger charge is 2.02. The molecule has 0 heterocycles. The maximum absolute atomic E-state index is 9.37. The van der Waals surface area contributed by atoms with Gasteiger partial charge in [-0.25, -0.2) is 0 Å². The van der Waals surface area contributed by atoms with E-state index in [0.717, 1.165) is 11.3 Å². The van der Waals surface area contributed by atoms with Crippen LogP contribution in [0.5, 0.6) is 5.75 Å². The first kappa shape index (κ1) is 12.0. The van der Waals surface area contributed by atoms with E-state index in [1.54, 1.807) is 13.8 Å². The van der Waals surface area contributed by atoms with Gasteiger partial charge in [0, 0.05) is 6.42 Å². The van der Waals surface area contributed by atoms with Crippen molar-refractivity contribution in [3.63, 3.8) is 0 Å². The Hall–Kier alpha value is -1.06. The van der Waals surface area contributed by atoms with E-state index in [9.17, 15) is 5.11 Å². The Balaban J connectivity index is 2.50. The van der Waals surface area contributed by atoms with Gasteiger partial charge in [0.05, 0.1) is 18.8 Å². The number of aliphatic hydroxyl groups is 2. The summed E-state index contributed by atoms with van der Waals surface area (Å²) in [6.45, 7) is 3.94. The first-order valence-electron chi connectivity index (χ1n) is 5.18. The highest BCUT2D eigenvalue weighted by molar-refractivity contribution is 5.29. The number of rotatable bonds is 5. The summed E-state index contributed by atoms with van der Waals surface area (Å²) in [5.41, 5.74) is 0.838. The Morgan fingerprint density at radius 3 is 2.60 bits per heavy atom. The number of hydrogen-bond acceptors (Lipinski definition) is 3. The molecule has 0 aliphatic heterocycles. The van der Waals surface area contributed by atoms with E-state index in [2.05, 4.69) is 0 Å². The van der Waals surface area contributed by atoms with Crippen LogP contribution in [-0.2, 0) is 0 Å². The minimum atomic E-state index is -0.481. The standard InChI is InChI=1S/C12H18O3/c1-9(13)6-7-15-12-5-3-4-11(8-12)10(2)14/h3-5,8-10,13-14H,6-7H2,1-2H3/t9?,10-/m0/s1. The first-order chi connectivity index (χ1) is 7.09. The summed E-state index contributed by atoms with van der Waals surface area (Å²) in [5, 5.41) is 18.4. The molecule has 1 rings (SSSR count). The molecule has 0 aliphatic carbocycles. The number of hydrogen-bond donors (Lipinski definition) is 2.